The standard InChI is InChI=1S/C21H25ClFN5/c1-11(2)8-15-14(9-16(22)19(23)18(15)12(3)25-5)10-17-27-13(4)20-21(24)26-6-7-28(17)20/h6-7,9,11,25H,3,8,10H2,1-2,4-5H3,(H2,24,26). The second kappa shape index (κ2) is 7.80. The summed E-state index contributed by atoms with van der Waals surface area (Å²) in [6.07, 6.45) is 4.67. The summed E-state index contributed by atoms with van der Waals surface area (Å²) in [4.78, 5) is 8.83. The van der Waals surface area contributed by atoms with Gasteiger partial charge in [-0.05, 0) is 36.5 Å². The number of halogens is 2. The molecule has 3 rings (SSSR count). The van der Waals surface area contributed by atoms with Gasteiger partial charge in [-0.25, -0.2) is 14.4 Å². The maximum Gasteiger partial charge on any atom is 0.151 e. The van der Waals surface area contributed by atoms with Gasteiger partial charge < -0.3 is 11.1 Å². The van der Waals surface area contributed by atoms with Gasteiger partial charge in [-0.15, -0.1) is 0 Å². The van der Waals surface area contributed by atoms with E-state index in [9.17, 15) is 4.39 Å². The molecule has 0 radical (unpaired) electrons. The van der Waals surface area contributed by atoms with Gasteiger partial charge in [0.1, 0.15) is 17.2 Å². The predicted molar refractivity (Wildman–Crippen MR) is 113 cm³/mol. The van der Waals surface area contributed by atoms with E-state index in [1.54, 1.807) is 19.3 Å². The van der Waals surface area contributed by atoms with Gasteiger partial charge >= 0.3 is 0 Å². The van der Waals surface area contributed by atoms with Crippen LogP contribution >= 0.6 is 11.6 Å². The lowest BCUT2D eigenvalue weighted by Gasteiger charge is -2.20. The zero-order valence-corrected chi connectivity index (χ0v) is 17.4. The number of hydrogen-bond acceptors (Lipinski definition) is 4. The number of nitrogens with zero attached hydrogens (tertiary/aromatic N) is 3. The number of benzene rings is 1. The second-order valence-electron chi connectivity index (χ2n) is 7.33. The number of imidazole rings is 1. The molecule has 148 valence electrons. The molecular formula is C21H25ClFN5. The van der Waals surface area contributed by atoms with Gasteiger partial charge in [0.05, 0.1) is 10.7 Å². The SMILES string of the molecule is C=C(NC)c1c(F)c(Cl)cc(Cc2nc(C)c3c(N)nccn23)c1CC(C)C. The summed E-state index contributed by atoms with van der Waals surface area (Å²) in [5, 5.41) is 3.03. The predicted octanol–water partition coefficient (Wildman–Crippen LogP) is 4.39. The highest BCUT2D eigenvalue weighted by Crippen LogP contribution is 2.32. The van der Waals surface area contributed by atoms with Gasteiger partial charge in [0.25, 0.3) is 0 Å². The Morgan fingerprint density at radius 1 is 1.43 bits per heavy atom. The lowest BCUT2D eigenvalue weighted by Crippen LogP contribution is -2.13. The molecule has 7 heteroatoms. The lowest BCUT2D eigenvalue weighted by atomic mass is 9.90. The molecule has 0 bridgehead atoms. The number of nitrogens with one attached hydrogen (secondary N) is 1. The molecule has 2 aromatic heterocycles. The van der Waals surface area contributed by atoms with Crippen molar-refractivity contribution in [1.82, 2.24) is 19.7 Å². The summed E-state index contributed by atoms with van der Waals surface area (Å²) in [6.45, 7) is 10.1. The van der Waals surface area contributed by atoms with Crippen LogP contribution in [0.4, 0.5) is 10.2 Å². The van der Waals surface area contributed by atoms with Gasteiger partial charge in [0.2, 0.25) is 0 Å². The number of fused-ring (bicyclic) bond motifs is 1. The first-order chi connectivity index (χ1) is 13.2. The Balaban J connectivity index is 2.21. The Morgan fingerprint density at radius 2 is 2.14 bits per heavy atom. The van der Waals surface area contributed by atoms with Crippen molar-refractivity contribution in [2.24, 2.45) is 5.92 Å². The molecule has 1 aromatic carbocycles. The summed E-state index contributed by atoms with van der Waals surface area (Å²) in [5.74, 6) is 1.12. The van der Waals surface area contributed by atoms with Crippen molar-refractivity contribution in [1.29, 1.82) is 0 Å². The molecule has 5 nitrogen and oxygen atoms in total. The van der Waals surface area contributed by atoms with Crippen LogP contribution in [-0.4, -0.2) is 21.4 Å². The van der Waals surface area contributed by atoms with E-state index in [2.05, 4.69) is 35.7 Å². The van der Waals surface area contributed by atoms with E-state index in [0.29, 0.717) is 35.8 Å². The van der Waals surface area contributed by atoms with Gasteiger partial charge in [-0.1, -0.05) is 32.0 Å². The van der Waals surface area contributed by atoms with E-state index in [4.69, 9.17) is 17.3 Å². The molecule has 3 N–H and O–H groups in total. The molecular weight excluding hydrogens is 377 g/mol. The molecule has 2 heterocycles. The number of aryl methyl sites for hydroxylation is 1. The minimum absolute atomic E-state index is 0.0765. The molecule has 0 aliphatic heterocycles. The first-order valence-corrected chi connectivity index (χ1v) is 9.57. The lowest BCUT2D eigenvalue weighted by molar-refractivity contribution is 0.604. The van der Waals surface area contributed by atoms with Crippen LogP contribution < -0.4 is 11.1 Å². The number of nitrogen functional groups attached to an aromatic ring is 1. The van der Waals surface area contributed by atoms with Crippen LogP contribution in [-0.2, 0) is 12.8 Å². The van der Waals surface area contributed by atoms with Crippen molar-refractivity contribution in [3.8, 4) is 0 Å². The Labute approximate surface area is 169 Å². The minimum atomic E-state index is -0.446. The summed E-state index contributed by atoms with van der Waals surface area (Å²) in [7, 11) is 1.72. The Hall–Kier alpha value is -2.60. The summed E-state index contributed by atoms with van der Waals surface area (Å²) >= 11 is 6.24. The zero-order chi connectivity index (χ0) is 20.6. The van der Waals surface area contributed by atoms with Crippen molar-refractivity contribution >= 4 is 28.6 Å². The fraction of sp³-hybridized carbons (Fsp3) is 0.333. The topological polar surface area (TPSA) is 68.2 Å². The summed E-state index contributed by atoms with van der Waals surface area (Å²) in [5.41, 5.74) is 10.4. The number of anilines is 1. The summed E-state index contributed by atoms with van der Waals surface area (Å²) in [6, 6.07) is 1.70. The number of rotatable bonds is 6. The van der Waals surface area contributed by atoms with Crippen molar-refractivity contribution < 1.29 is 4.39 Å². The zero-order valence-electron chi connectivity index (χ0n) is 16.6. The van der Waals surface area contributed by atoms with Crippen molar-refractivity contribution in [3.63, 3.8) is 0 Å². The maximum absolute atomic E-state index is 14.9. The normalized spacial score (nSPS) is 11.4. The molecule has 0 amide bonds. The van der Waals surface area contributed by atoms with Crippen LogP contribution in [0.5, 0.6) is 0 Å². The number of hydrogen-bond donors (Lipinski definition) is 2. The average molecular weight is 402 g/mol. The Bertz CT molecular complexity index is 1050. The van der Waals surface area contributed by atoms with Crippen molar-refractivity contribution in [2.75, 3.05) is 12.8 Å². The third-order valence-electron chi connectivity index (χ3n) is 4.81. The molecule has 28 heavy (non-hydrogen) atoms. The molecule has 0 atom stereocenters. The monoisotopic (exact) mass is 401 g/mol. The van der Waals surface area contributed by atoms with Crippen LogP contribution in [0.15, 0.2) is 25.0 Å². The minimum Gasteiger partial charge on any atom is -0.388 e. The van der Waals surface area contributed by atoms with E-state index in [-0.39, 0.29) is 5.02 Å². The molecule has 0 fully saturated rings. The highest BCUT2D eigenvalue weighted by Gasteiger charge is 2.22. The number of aromatic nitrogens is 3. The quantitative estimate of drug-likeness (QED) is 0.642. The number of nitrogens with two attached hydrogens (primary N) is 1. The first-order valence-electron chi connectivity index (χ1n) is 9.19. The van der Waals surface area contributed by atoms with Gasteiger partial charge in [-0.3, -0.25) is 4.40 Å². The first kappa shape index (κ1) is 20.1. The van der Waals surface area contributed by atoms with E-state index in [0.717, 1.165) is 28.2 Å². The molecule has 0 aliphatic carbocycles. The fourth-order valence-electron chi connectivity index (χ4n) is 3.56. The average Bonchev–Trinajstić information content (AvgIpc) is 2.95. The van der Waals surface area contributed by atoms with Gasteiger partial charge in [0, 0.05) is 37.1 Å². The van der Waals surface area contributed by atoms with E-state index < -0.39 is 5.82 Å². The third-order valence-corrected chi connectivity index (χ3v) is 5.09. The molecule has 0 unspecified atom stereocenters. The fourth-order valence-corrected chi connectivity index (χ4v) is 3.79. The van der Waals surface area contributed by atoms with Gasteiger partial charge in [-0.2, -0.15) is 0 Å². The van der Waals surface area contributed by atoms with Crippen LogP contribution in [0.25, 0.3) is 11.2 Å². The van der Waals surface area contributed by atoms with Crippen molar-refractivity contribution in [2.45, 2.75) is 33.6 Å². The smallest absolute Gasteiger partial charge is 0.151 e. The van der Waals surface area contributed by atoms with E-state index in [1.165, 1.54) is 0 Å². The Morgan fingerprint density at radius 3 is 2.79 bits per heavy atom. The van der Waals surface area contributed by atoms with E-state index >= 15 is 0 Å². The summed E-state index contributed by atoms with van der Waals surface area (Å²) < 4.78 is 16.8. The molecule has 0 spiro atoms. The molecule has 0 aliphatic rings. The Kier molecular flexibility index (Phi) is 5.61. The van der Waals surface area contributed by atoms with E-state index in [1.807, 2.05) is 17.5 Å². The highest BCUT2D eigenvalue weighted by molar-refractivity contribution is 6.31. The van der Waals surface area contributed by atoms with Crippen LogP contribution in [0, 0.1) is 18.7 Å². The van der Waals surface area contributed by atoms with Crippen LogP contribution in [0.2, 0.25) is 5.02 Å². The third kappa shape index (κ3) is 3.56. The van der Waals surface area contributed by atoms with Gasteiger partial charge in [0.15, 0.2) is 5.82 Å². The molecule has 0 saturated heterocycles. The van der Waals surface area contributed by atoms with Crippen LogP contribution in [0.3, 0.4) is 0 Å². The van der Waals surface area contributed by atoms with Crippen LogP contribution in [0.1, 0.15) is 42.1 Å². The van der Waals surface area contributed by atoms with Crippen molar-refractivity contribution in [3.05, 3.63) is 64.1 Å². The highest BCUT2D eigenvalue weighted by atomic mass is 35.5. The maximum atomic E-state index is 14.9. The molecule has 0 saturated carbocycles. The second-order valence-corrected chi connectivity index (χ2v) is 7.74. The largest absolute Gasteiger partial charge is 0.388 e. The molecule has 3 aromatic rings.